The minimum atomic E-state index is -0.879. The molecule has 10 nitrogen and oxygen atoms in total. The van der Waals surface area contributed by atoms with Crippen LogP contribution in [-0.4, -0.2) is 92.4 Å². The molecule has 0 heterocycles. The van der Waals surface area contributed by atoms with Crippen LogP contribution in [0.3, 0.4) is 0 Å². The normalized spacial score (nSPS) is 8.33. The van der Waals surface area contributed by atoms with Crippen LogP contribution in [0.1, 0.15) is 20.7 Å². The van der Waals surface area contributed by atoms with E-state index in [4.69, 9.17) is 40.9 Å². The van der Waals surface area contributed by atoms with Gasteiger partial charge in [0, 0.05) is 0 Å². The molecule has 0 unspecified atom stereocenters. The standard InChI is InChI=1S/2C7H6O2.3C2H6O2/c2*8-7(9)6-4-2-1-3-5-6;3*3-1-2-4/h2*1-5H,(H,8,9);3*3-4H,1-2H2. The second-order valence-corrected chi connectivity index (χ2v) is 4.68. The molecule has 8 N–H and O–H groups in total. The van der Waals surface area contributed by atoms with Gasteiger partial charge in [-0.2, -0.15) is 0 Å². The van der Waals surface area contributed by atoms with Crippen molar-refractivity contribution in [1.82, 2.24) is 0 Å². The summed E-state index contributed by atoms with van der Waals surface area (Å²) >= 11 is 0. The van der Waals surface area contributed by atoms with E-state index >= 15 is 0 Å². The van der Waals surface area contributed by atoms with E-state index in [0.29, 0.717) is 11.1 Å². The van der Waals surface area contributed by atoms with Gasteiger partial charge in [-0.25, -0.2) is 9.59 Å². The first-order valence-corrected chi connectivity index (χ1v) is 8.57. The summed E-state index contributed by atoms with van der Waals surface area (Å²) in [6.45, 7) is -0.750. The Bertz CT molecular complexity index is 540. The summed E-state index contributed by atoms with van der Waals surface area (Å²) in [6, 6.07) is 16.6. The average molecular weight is 430 g/mol. The number of aliphatic hydroxyl groups is 6. The zero-order valence-electron chi connectivity index (χ0n) is 16.4. The van der Waals surface area contributed by atoms with Crippen LogP contribution >= 0.6 is 0 Å². The highest BCUT2D eigenvalue weighted by molar-refractivity contribution is 5.87. The van der Waals surface area contributed by atoms with E-state index in [2.05, 4.69) is 0 Å². The number of aromatic carboxylic acids is 2. The Hall–Kier alpha value is -2.86. The van der Waals surface area contributed by atoms with Crippen LogP contribution in [-0.2, 0) is 0 Å². The van der Waals surface area contributed by atoms with Crippen molar-refractivity contribution in [3.63, 3.8) is 0 Å². The molecule has 0 bridgehead atoms. The summed E-state index contributed by atoms with van der Waals surface area (Å²) in [4.78, 5) is 20.4. The van der Waals surface area contributed by atoms with Gasteiger partial charge in [0.25, 0.3) is 0 Å². The van der Waals surface area contributed by atoms with Crippen molar-refractivity contribution in [3.05, 3.63) is 71.8 Å². The van der Waals surface area contributed by atoms with Crippen LogP contribution in [0.5, 0.6) is 0 Å². The highest BCUT2D eigenvalue weighted by atomic mass is 16.4. The lowest BCUT2D eigenvalue weighted by molar-refractivity contribution is 0.0686. The molecule has 0 amide bonds. The van der Waals surface area contributed by atoms with Crippen molar-refractivity contribution in [2.45, 2.75) is 0 Å². The lowest BCUT2D eigenvalue weighted by Crippen LogP contribution is -1.93. The lowest BCUT2D eigenvalue weighted by atomic mass is 10.2. The fourth-order valence-electron chi connectivity index (χ4n) is 1.16. The molecule has 0 spiro atoms. The van der Waals surface area contributed by atoms with E-state index in [9.17, 15) is 9.59 Å². The van der Waals surface area contributed by atoms with Gasteiger partial charge in [0.15, 0.2) is 0 Å². The molecule has 0 atom stereocenters. The number of benzene rings is 2. The predicted octanol–water partition coefficient (Wildman–Crippen LogP) is -0.317. The Kier molecular flexibility index (Phi) is 27.7. The van der Waals surface area contributed by atoms with Crippen molar-refractivity contribution in [1.29, 1.82) is 0 Å². The van der Waals surface area contributed by atoms with Gasteiger partial charge in [-0.3, -0.25) is 0 Å². The highest BCUT2D eigenvalue weighted by Gasteiger charge is 1.97. The third-order valence-corrected chi connectivity index (χ3v) is 2.34. The molecule has 0 radical (unpaired) electrons. The average Bonchev–Trinajstić information content (AvgIpc) is 2.81. The van der Waals surface area contributed by atoms with E-state index in [-0.39, 0.29) is 39.6 Å². The smallest absolute Gasteiger partial charge is 0.335 e. The maximum absolute atomic E-state index is 10.2. The summed E-state index contributed by atoms with van der Waals surface area (Å²) in [5.74, 6) is -1.76. The van der Waals surface area contributed by atoms with Crippen LogP contribution in [0.2, 0.25) is 0 Å². The quantitative estimate of drug-likeness (QED) is 0.311. The highest BCUT2D eigenvalue weighted by Crippen LogP contribution is 1.96. The fourth-order valence-corrected chi connectivity index (χ4v) is 1.16. The predicted molar refractivity (Wildman–Crippen MR) is 109 cm³/mol. The van der Waals surface area contributed by atoms with Crippen LogP contribution in [0.4, 0.5) is 0 Å². The summed E-state index contributed by atoms with van der Waals surface area (Å²) in [7, 11) is 0. The number of hydrogen-bond donors (Lipinski definition) is 8. The minimum absolute atomic E-state index is 0.125. The Morgan fingerprint density at radius 3 is 0.767 bits per heavy atom. The molecule has 0 saturated heterocycles. The van der Waals surface area contributed by atoms with Gasteiger partial charge in [0.05, 0.1) is 50.8 Å². The molecular formula is C20H30O10. The zero-order chi connectivity index (χ0) is 23.6. The molecule has 2 rings (SSSR count). The van der Waals surface area contributed by atoms with Gasteiger partial charge < -0.3 is 40.9 Å². The largest absolute Gasteiger partial charge is 0.478 e. The van der Waals surface area contributed by atoms with Gasteiger partial charge >= 0.3 is 11.9 Å². The molecule has 10 heteroatoms. The molecule has 0 fully saturated rings. The second kappa shape index (κ2) is 26.1. The molecule has 170 valence electrons. The summed E-state index contributed by atoms with van der Waals surface area (Å²) < 4.78 is 0. The Morgan fingerprint density at radius 2 is 0.667 bits per heavy atom. The van der Waals surface area contributed by atoms with E-state index in [1.807, 2.05) is 0 Å². The van der Waals surface area contributed by atoms with E-state index in [0.717, 1.165) is 0 Å². The molecule has 0 saturated carbocycles. The number of rotatable bonds is 5. The molecule has 0 aromatic heterocycles. The summed E-state index contributed by atoms with van der Waals surface area (Å²) in [5.41, 5.74) is 0.662. The van der Waals surface area contributed by atoms with Crippen molar-refractivity contribution < 1.29 is 50.4 Å². The number of carbonyl (C=O) groups is 2. The van der Waals surface area contributed by atoms with Crippen LogP contribution in [0.15, 0.2) is 60.7 Å². The minimum Gasteiger partial charge on any atom is -0.478 e. The number of carboxylic acid groups (broad SMARTS) is 2. The van der Waals surface area contributed by atoms with Crippen LogP contribution < -0.4 is 0 Å². The first-order valence-electron chi connectivity index (χ1n) is 8.57. The Morgan fingerprint density at radius 1 is 0.467 bits per heavy atom. The molecule has 2 aromatic carbocycles. The second-order valence-electron chi connectivity index (χ2n) is 4.68. The monoisotopic (exact) mass is 430 g/mol. The van der Waals surface area contributed by atoms with E-state index in [1.165, 1.54) is 0 Å². The molecule has 0 aliphatic heterocycles. The SMILES string of the molecule is O=C(O)c1ccccc1.O=C(O)c1ccccc1.OCCO.OCCO.OCCO. The zero-order valence-corrected chi connectivity index (χ0v) is 16.4. The fraction of sp³-hybridized carbons (Fsp3) is 0.300. The van der Waals surface area contributed by atoms with Gasteiger partial charge in [-0.05, 0) is 24.3 Å². The third kappa shape index (κ3) is 25.1. The molecular weight excluding hydrogens is 400 g/mol. The van der Waals surface area contributed by atoms with Crippen LogP contribution in [0, 0.1) is 0 Å². The maximum Gasteiger partial charge on any atom is 0.335 e. The third-order valence-electron chi connectivity index (χ3n) is 2.34. The molecule has 0 aliphatic carbocycles. The van der Waals surface area contributed by atoms with Gasteiger partial charge in [0.2, 0.25) is 0 Å². The first-order chi connectivity index (χ1) is 14.4. The van der Waals surface area contributed by atoms with Crippen molar-refractivity contribution in [2.75, 3.05) is 39.6 Å². The van der Waals surface area contributed by atoms with Crippen LogP contribution in [0.25, 0.3) is 0 Å². The Labute approximate surface area is 174 Å². The molecule has 30 heavy (non-hydrogen) atoms. The topological polar surface area (TPSA) is 196 Å². The van der Waals surface area contributed by atoms with E-state index in [1.54, 1.807) is 60.7 Å². The number of aliphatic hydroxyl groups excluding tert-OH is 6. The van der Waals surface area contributed by atoms with Gasteiger partial charge in [0.1, 0.15) is 0 Å². The van der Waals surface area contributed by atoms with Gasteiger partial charge in [-0.15, -0.1) is 0 Å². The molecule has 2 aromatic rings. The van der Waals surface area contributed by atoms with Crippen molar-refractivity contribution in [3.8, 4) is 0 Å². The first kappa shape index (κ1) is 31.8. The molecule has 0 aliphatic rings. The van der Waals surface area contributed by atoms with E-state index < -0.39 is 11.9 Å². The number of hydrogen-bond acceptors (Lipinski definition) is 8. The lowest BCUT2D eigenvalue weighted by Gasteiger charge is -1.88. The number of carboxylic acids is 2. The summed E-state index contributed by atoms with van der Waals surface area (Å²) in [5, 5.41) is 62.5. The van der Waals surface area contributed by atoms with Crippen molar-refractivity contribution >= 4 is 11.9 Å². The summed E-state index contributed by atoms with van der Waals surface area (Å²) in [6.07, 6.45) is 0. The van der Waals surface area contributed by atoms with Gasteiger partial charge in [-0.1, -0.05) is 36.4 Å². The van der Waals surface area contributed by atoms with Crippen molar-refractivity contribution in [2.24, 2.45) is 0 Å². The Balaban J connectivity index is -0.000000325. The maximum atomic E-state index is 10.2.